The van der Waals surface area contributed by atoms with Gasteiger partial charge in [-0.05, 0) is 32.1 Å². The van der Waals surface area contributed by atoms with Gasteiger partial charge in [0, 0.05) is 18.4 Å². The lowest BCUT2D eigenvalue weighted by atomic mass is 10.1. The van der Waals surface area contributed by atoms with Crippen LogP contribution in [0.15, 0.2) is 0 Å². The van der Waals surface area contributed by atoms with Crippen molar-refractivity contribution in [2.45, 2.75) is 58.0 Å². The van der Waals surface area contributed by atoms with Crippen LogP contribution in [-0.4, -0.2) is 17.1 Å². The van der Waals surface area contributed by atoms with Gasteiger partial charge in [-0.15, -0.1) is 0 Å². The Morgan fingerprint density at radius 2 is 2.00 bits per heavy atom. The summed E-state index contributed by atoms with van der Waals surface area (Å²) >= 11 is 6.31. The molecule has 100 valence electrons. The molecule has 0 amide bonds. The van der Waals surface area contributed by atoms with Crippen LogP contribution in [0.1, 0.15) is 62.2 Å². The Labute approximate surface area is 114 Å². The second-order valence-corrected chi connectivity index (χ2v) is 5.23. The Kier molecular flexibility index (Phi) is 4.95. The minimum Gasteiger partial charge on any atom is -0.373 e. The summed E-state index contributed by atoms with van der Waals surface area (Å²) in [6, 6.07) is 0. The summed E-state index contributed by atoms with van der Waals surface area (Å²) in [7, 11) is 1.71. The minimum absolute atomic E-state index is 0.0268. The van der Waals surface area contributed by atoms with Crippen molar-refractivity contribution >= 4 is 11.6 Å². The average Bonchev–Trinajstić information content (AvgIpc) is 2.61. The predicted octanol–water partition coefficient (Wildman–Crippen LogP) is 3.89. The number of hydrogen-bond donors (Lipinski definition) is 0. The summed E-state index contributed by atoms with van der Waals surface area (Å²) in [6.07, 6.45) is 7.64. The Hall–Kier alpha value is -0.670. The van der Waals surface area contributed by atoms with Gasteiger partial charge in [0.05, 0.1) is 0 Å². The standard InChI is InChI=1S/C14H21ClN2O/c1-3-7-12(18-2)14-16-11-9-6-4-5-8-10(11)13(15)17-14/h12H,3-9H2,1-2H3. The molecule has 0 saturated heterocycles. The van der Waals surface area contributed by atoms with E-state index in [0.717, 1.165) is 42.8 Å². The first-order valence-corrected chi connectivity index (χ1v) is 7.22. The molecular weight excluding hydrogens is 248 g/mol. The highest BCUT2D eigenvalue weighted by Gasteiger charge is 2.19. The first-order valence-electron chi connectivity index (χ1n) is 6.84. The van der Waals surface area contributed by atoms with Crippen LogP contribution in [-0.2, 0) is 17.6 Å². The third-order valence-corrected chi connectivity index (χ3v) is 3.84. The van der Waals surface area contributed by atoms with Crippen LogP contribution in [0.5, 0.6) is 0 Å². The van der Waals surface area contributed by atoms with Gasteiger partial charge in [-0.25, -0.2) is 9.97 Å². The highest BCUT2D eigenvalue weighted by atomic mass is 35.5. The lowest BCUT2D eigenvalue weighted by Gasteiger charge is -2.16. The third kappa shape index (κ3) is 3.01. The third-order valence-electron chi connectivity index (χ3n) is 3.52. The van der Waals surface area contributed by atoms with Crippen molar-refractivity contribution in [3.05, 3.63) is 22.2 Å². The van der Waals surface area contributed by atoms with E-state index in [4.69, 9.17) is 21.3 Å². The monoisotopic (exact) mass is 268 g/mol. The summed E-state index contributed by atoms with van der Waals surface area (Å²) < 4.78 is 5.47. The van der Waals surface area contributed by atoms with E-state index in [-0.39, 0.29) is 6.10 Å². The fourth-order valence-electron chi connectivity index (χ4n) is 2.50. The number of methoxy groups -OCH3 is 1. The van der Waals surface area contributed by atoms with Gasteiger partial charge in [-0.1, -0.05) is 31.4 Å². The average molecular weight is 269 g/mol. The molecule has 2 rings (SSSR count). The molecule has 0 fully saturated rings. The summed E-state index contributed by atoms with van der Waals surface area (Å²) in [5, 5.41) is 0.634. The molecule has 1 atom stereocenters. The molecule has 1 unspecified atom stereocenters. The molecule has 1 aliphatic carbocycles. The van der Waals surface area contributed by atoms with Gasteiger partial charge in [-0.2, -0.15) is 0 Å². The number of nitrogens with zero attached hydrogens (tertiary/aromatic N) is 2. The normalized spacial score (nSPS) is 17.1. The molecule has 1 aromatic heterocycles. The molecule has 1 aromatic rings. The molecule has 4 heteroatoms. The molecular formula is C14H21ClN2O. The van der Waals surface area contributed by atoms with Crippen molar-refractivity contribution < 1.29 is 4.74 Å². The largest absolute Gasteiger partial charge is 0.373 e. The summed E-state index contributed by atoms with van der Waals surface area (Å²) in [5.41, 5.74) is 2.30. The van der Waals surface area contributed by atoms with E-state index in [2.05, 4.69) is 11.9 Å². The van der Waals surface area contributed by atoms with Crippen LogP contribution in [0.4, 0.5) is 0 Å². The van der Waals surface area contributed by atoms with Crippen molar-refractivity contribution in [1.29, 1.82) is 0 Å². The highest BCUT2D eigenvalue weighted by molar-refractivity contribution is 6.30. The van der Waals surface area contributed by atoms with Gasteiger partial charge in [-0.3, -0.25) is 0 Å². The zero-order valence-electron chi connectivity index (χ0n) is 11.2. The Balaban J connectivity index is 2.33. The molecule has 0 aromatic carbocycles. The Morgan fingerprint density at radius 3 is 2.72 bits per heavy atom. The van der Waals surface area contributed by atoms with Crippen molar-refractivity contribution in [2.24, 2.45) is 0 Å². The molecule has 0 aliphatic heterocycles. The summed E-state index contributed by atoms with van der Waals surface area (Å²) in [6.45, 7) is 2.14. The van der Waals surface area contributed by atoms with Gasteiger partial charge < -0.3 is 4.74 Å². The van der Waals surface area contributed by atoms with Crippen molar-refractivity contribution in [3.63, 3.8) is 0 Å². The van der Waals surface area contributed by atoms with Crippen molar-refractivity contribution in [3.8, 4) is 0 Å². The number of ether oxygens (including phenoxy) is 1. The molecule has 1 heterocycles. The maximum Gasteiger partial charge on any atom is 0.159 e. The topological polar surface area (TPSA) is 35.0 Å². The molecule has 18 heavy (non-hydrogen) atoms. The number of aryl methyl sites for hydroxylation is 1. The van der Waals surface area contributed by atoms with E-state index < -0.39 is 0 Å². The number of fused-ring (bicyclic) bond motifs is 1. The van der Waals surface area contributed by atoms with Crippen LogP contribution in [0.3, 0.4) is 0 Å². The molecule has 0 spiro atoms. The van der Waals surface area contributed by atoms with E-state index in [9.17, 15) is 0 Å². The van der Waals surface area contributed by atoms with Crippen LogP contribution in [0.2, 0.25) is 5.15 Å². The number of aromatic nitrogens is 2. The van der Waals surface area contributed by atoms with E-state index in [1.165, 1.54) is 19.3 Å². The smallest absolute Gasteiger partial charge is 0.159 e. The summed E-state index contributed by atoms with van der Waals surface area (Å²) in [5.74, 6) is 0.755. The van der Waals surface area contributed by atoms with Crippen LogP contribution >= 0.6 is 11.6 Å². The molecule has 0 bridgehead atoms. The quantitative estimate of drug-likeness (QED) is 0.614. The minimum atomic E-state index is -0.0268. The molecule has 0 saturated carbocycles. The zero-order chi connectivity index (χ0) is 13.0. The van der Waals surface area contributed by atoms with Crippen molar-refractivity contribution in [2.75, 3.05) is 7.11 Å². The van der Waals surface area contributed by atoms with Gasteiger partial charge >= 0.3 is 0 Å². The van der Waals surface area contributed by atoms with E-state index in [1.807, 2.05) is 0 Å². The number of rotatable bonds is 4. The number of hydrogen-bond acceptors (Lipinski definition) is 3. The van der Waals surface area contributed by atoms with Gasteiger partial charge in [0.2, 0.25) is 0 Å². The molecule has 3 nitrogen and oxygen atoms in total. The Morgan fingerprint density at radius 1 is 1.22 bits per heavy atom. The highest BCUT2D eigenvalue weighted by Crippen LogP contribution is 2.28. The SMILES string of the molecule is CCCC(OC)c1nc(Cl)c2c(n1)CCCCC2. The van der Waals surface area contributed by atoms with Gasteiger partial charge in [0.1, 0.15) is 11.3 Å². The maximum absolute atomic E-state index is 6.31. The second-order valence-electron chi connectivity index (χ2n) is 4.87. The van der Waals surface area contributed by atoms with Crippen LogP contribution < -0.4 is 0 Å². The van der Waals surface area contributed by atoms with E-state index in [1.54, 1.807) is 7.11 Å². The van der Waals surface area contributed by atoms with E-state index in [0.29, 0.717) is 5.15 Å². The first-order chi connectivity index (χ1) is 8.76. The number of halogens is 1. The van der Waals surface area contributed by atoms with Crippen LogP contribution in [0, 0.1) is 0 Å². The van der Waals surface area contributed by atoms with Crippen LogP contribution in [0.25, 0.3) is 0 Å². The first kappa shape index (κ1) is 13.8. The predicted molar refractivity (Wildman–Crippen MR) is 73.0 cm³/mol. The lowest BCUT2D eigenvalue weighted by molar-refractivity contribution is 0.0873. The van der Waals surface area contributed by atoms with Gasteiger partial charge in [0.15, 0.2) is 5.82 Å². The van der Waals surface area contributed by atoms with Crippen molar-refractivity contribution in [1.82, 2.24) is 9.97 Å². The van der Waals surface area contributed by atoms with E-state index >= 15 is 0 Å². The fraction of sp³-hybridized carbons (Fsp3) is 0.714. The molecule has 1 aliphatic rings. The second kappa shape index (κ2) is 6.48. The maximum atomic E-state index is 6.31. The molecule has 0 radical (unpaired) electrons. The van der Waals surface area contributed by atoms with Gasteiger partial charge in [0.25, 0.3) is 0 Å². The Bertz CT molecular complexity index is 409. The zero-order valence-corrected chi connectivity index (χ0v) is 12.0. The summed E-state index contributed by atoms with van der Waals surface area (Å²) in [4.78, 5) is 9.15. The fourth-order valence-corrected chi connectivity index (χ4v) is 2.79. The lowest BCUT2D eigenvalue weighted by Crippen LogP contribution is -2.11. The molecule has 0 N–H and O–H groups in total.